The van der Waals surface area contributed by atoms with Gasteiger partial charge < -0.3 is 14.5 Å². The van der Waals surface area contributed by atoms with E-state index in [0.717, 1.165) is 102 Å². The highest BCUT2D eigenvalue weighted by atomic mass is 32.2. The van der Waals surface area contributed by atoms with Gasteiger partial charge in [-0.3, -0.25) is 9.97 Å². The van der Waals surface area contributed by atoms with Crippen molar-refractivity contribution in [2.24, 2.45) is 5.92 Å². The van der Waals surface area contributed by atoms with E-state index in [1.807, 2.05) is 30.9 Å². The molecule has 214 valence electrons. The number of pyridine rings is 2. The summed E-state index contributed by atoms with van der Waals surface area (Å²) in [6, 6.07) is 6.57. The van der Waals surface area contributed by atoms with Crippen LogP contribution in [0.5, 0.6) is 0 Å². The minimum Gasteiger partial charge on any atom is -0.421 e. The minimum absolute atomic E-state index is 0.187. The number of nitrogens with one attached hydrogen (secondary N) is 1. The zero-order chi connectivity index (χ0) is 28.0. The van der Waals surface area contributed by atoms with Gasteiger partial charge in [-0.2, -0.15) is 0 Å². The van der Waals surface area contributed by atoms with Gasteiger partial charge in [0.2, 0.25) is 11.8 Å². The molecule has 0 spiro atoms. The molecule has 42 heavy (non-hydrogen) atoms. The standard InChI is InChI=1S/C31H31N7O2S2/c1-17-37-38-31(40-17)26-22(5-4-18-8-12-39-13-9-18)35-23-10-14-41-28(23)27(26)25-15-24-29(42-25)30(34-16-33-24)36-21-7-6-20-19(21)3-2-11-32-20/h2-3,11,15-16,18,21H,4-10,12-14H2,1H3,(H,33,34,36). The van der Waals surface area contributed by atoms with Gasteiger partial charge in [0.1, 0.15) is 12.1 Å². The second kappa shape index (κ2) is 11.0. The third kappa shape index (κ3) is 4.77. The third-order valence-corrected chi connectivity index (χ3v) is 10.9. The molecule has 2 aliphatic heterocycles. The van der Waals surface area contributed by atoms with E-state index in [4.69, 9.17) is 19.1 Å². The maximum atomic E-state index is 6.11. The lowest BCUT2D eigenvalue weighted by Crippen LogP contribution is -2.16. The van der Waals surface area contributed by atoms with Gasteiger partial charge in [-0.05, 0) is 62.1 Å². The van der Waals surface area contributed by atoms with Crippen LogP contribution in [-0.2, 0) is 24.0 Å². The lowest BCUT2D eigenvalue weighted by molar-refractivity contribution is 0.0639. The Balaban J connectivity index is 1.23. The molecular formula is C31H31N7O2S2. The lowest BCUT2D eigenvalue weighted by atomic mass is 9.91. The summed E-state index contributed by atoms with van der Waals surface area (Å²) in [5.41, 5.74) is 7.71. The molecule has 1 atom stereocenters. The Morgan fingerprint density at radius 2 is 1.95 bits per heavy atom. The van der Waals surface area contributed by atoms with Gasteiger partial charge in [0.25, 0.3) is 0 Å². The van der Waals surface area contributed by atoms with E-state index in [9.17, 15) is 0 Å². The first-order valence-electron chi connectivity index (χ1n) is 14.7. The van der Waals surface area contributed by atoms with Crippen LogP contribution < -0.4 is 5.32 Å². The molecule has 1 unspecified atom stereocenters. The summed E-state index contributed by atoms with van der Waals surface area (Å²) in [6.45, 7) is 3.54. The van der Waals surface area contributed by atoms with Crippen molar-refractivity contribution in [3.8, 4) is 21.9 Å². The molecule has 0 amide bonds. The number of thioether (sulfide) groups is 1. The first kappa shape index (κ1) is 26.2. The van der Waals surface area contributed by atoms with Crippen molar-refractivity contribution in [3.05, 3.63) is 59.3 Å². The van der Waals surface area contributed by atoms with E-state index < -0.39 is 0 Å². The third-order valence-electron chi connectivity index (χ3n) is 8.59. The summed E-state index contributed by atoms with van der Waals surface area (Å²) >= 11 is 3.60. The smallest absolute Gasteiger partial charge is 0.250 e. The molecule has 8 rings (SSSR count). The highest BCUT2D eigenvalue weighted by molar-refractivity contribution is 7.99. The number of fused-ring (bicyclic) bond motifs is 3. The average Bonchev–Trinajstić information content (AvgIpc) is 3.83. The van der Waals surface area contributed by atoms with Crippen LogP contribution in [0.15, 0.2) is 40.0 Å². The number of hydrogen-bond donors (Lipinski definition) is 1. The number of aryl methyl sites for hydroxylation is 4. The van der Waals surface area contributed by atoms with Crippen molar-refractivity contribution in [1.82, 2.24) is 30.1 Å². The molecule has 0 aromatic carbocycles. The SMILES string of the molecule is Cc1nnc(-c2c(CCC3CCOCC3)nc3c(c2-c2cc4ncnc(NC5CCc6ncccc65)c4s2)SCC3)o1. The molecule has 1 fully saturated rings. The minimum atomic E-state index is 0.187. The van der Waals surface area contributed by atoms with Crippen molar-refractivity contribution in [2.45, 2.75) is 62.8 Å². The highest BCUT2D eigenvalue weighted by Gasteiger charge is 2.30. The monoisotopic (exact) mass is 597 g/mol. The van der Waals surface area contributed by atoms with Crippen LogP contribution in [0, 0.1) is 12.8 Å². The molecule has 3 aliphatic rings. The Morgan fingerprint density at radius 3 is 2.83 bits per heavy atom. The second-order valence-electron chi connectivity index (χ2n) is 11.2. The van der Waals surface area contributed by atoms with Crippen molar-refractivity contribution in [2.75, 3.05) is 24.3 Å². The number of hydrogen-bond acceptors (Lipinski definition) is 11. The van der Waals surface area contributed by atoms with Gasteiger partial charge >= 0.3 is 0 Å². The van der Waals surface area contributed by atoms with E-state index in [1.54, 1.807) is 17.7 Å². The maximum Gasteiger partial charge on any atom is 0.250 e. The van der Waals surface area contributed by atoms with Gasteiger partial charge in [0.05, 0.1) is 33.2 Å². The van der Waals surface area contributed by atoms with Crippen molar-refractivity contribution >= 4 is 39.1 Å². The summed E-state index contributed by atoms with van der Waals surface area (Å²) in [6.07, 6.45) is 10.6. The van der Waals surface area contributed by atoms with Crippen LogP contribution in [0.2, 0.25) is 0 Å². The Bertz CT molecular complexity index is 1780. The van der Waals surface area contributed by atoms with E-state index in [1.165, 1.54) is 21.8 Å². The molecule has 5 aromatic heterocycles. The summed E-state index contributed by atoms with van der Waals surface area (Å²) in [4.78, 5) is 21.6. The largest absolute Gasteiger partial charge is 0.421 e. The predicted octanol–water partition coefficient (Wildman–Crippen LogP) is 6.61. The zero-order valence-electron chi connectivity index (χ0n) is 23.4. The summed E-state index contributed by atoms with van der Waals surface area (Å²) < 4.78 is 12.8. The summed E-state index contributed by atoms with van der Waals surface area (Å²) in [5.74, 6) is 3.64. The van der Waals surface area contributed by atoms with Crippen LogP contribution in [0.3, 0.4) is 0 Å². The summed E-state index contributed by atoms with van der Waals surface area (Å²) in [5, 5.41) is 12.5. The molecule has 7 heterocycles. The van der Waals surface area contributed by atoms with Crippen LogP contribution in [0.1, 0.15) is 60.3 Å². The molecule has 11 heteroatoms. The van der Waals surface area contributed by atoms with E-state index in [-0.39, 0.29) is 6.04 Å². The Labute approximate surface area is 252 Å². The normalized spacial score (nSPS) is 18.5. The Hall–Kier alpha value is -3.41. The molecular weight excluding hydrogens is 567 g/mol. The molecule has 1 N–H and O–H groups in total. The van der Waals surface area contributed by atoms with Crippen LogP contribution >= 0.6 is 23.1 Å². The fourth-order valence-electron chi connectivity index (χ4n) is 6.47. The fraction of sp³-hybridized carbons (Fsp3) is 0.419. The second-order valence-corrected chi connectivity index (χ2v) is 13.4. The molecule has 0 radical (unpaired) electrons. The zero-order valence-corrected chi connectivity index (χ0v) is 25.1. The van der Waals surface area contributed by atoms with Crippen molar-refractivity contribution in [3.63, 3.8) is 0 Å². The average molecular weight is 598 g/mol. The van der Waals surface area contributed by atoms with Crippen LogP contribution in [0.25, 0.3) is 32.1 Å². The molecule has 0 saturated carbocycles. The van der Waals surface area contributed by atoms with E-state index in [2.05, 4.69) is 37.6 Å². The molecule has 5 aromatic rings. The molecule has 1 aliphatic carbocycles. The first-order valence-corrected chi connectivity index (χ1v) is 16.5. The quantitative estimate of drug-likeness (QED) is 0.220. The maximum absolute atomic E-state index is 6.11. The molecule has 9 nitrogen and oxygen atoms in total. The van der Waals surface area contributed by atoms with Gasteiger partial charge in [-0.15, -0.1) is 33.3 Å². The number of rotatable bonds is 7. The molecule has 0 bridgehead atoms. The number of ether oxygens (including phenoxy) is 1. The van der Waals surface area contributed by atoms with Gasteiger partial charge in [0, 0.05) is 59.5 Å². The number of anilines is 1. The van der Waals surface area contributed by atoms with Crippen molar-refractivity contribution < 1.29 is 9.15 Å². The van der Waals surface area contributed by atoms with E-state index in [0.29, 0.717) is 17.7 Å². The van der Waals surface area contributed by atoms with Crippen LogP contribution in [0.4, 0.5) is 5.82 Å². The Morgan fingerprint density at radius 1 is 1.02 bits per heavy atom. The topological polar surface area (TPSA) is 112 Å². The number of aromatic nitrogens is 6. The summed E-state index contributed by atoms with van der Waals surface area (Å²) in [7, 11) is 0. The Kier molecular flexibility index (Phi) is 6.88. The van der Waals surface area contributed by atoms with Gasteiger partial charge in [0.15, 0.2) is 0 Å². The van der Waals surface area contributed by atoms with Gasteiger partial charge in [-0.25, -0.2) is 9.97 Å². The highest BCUT2D eigenvalue weighted by Crippen LogP contribution is 2.49. The van der Waals surface area contributed by atoms with Gasteiger partial charge in [-0.1, -0.05) is 6.07 Å². The predicted molar refractivity (Wildman–Crippen MR) is 164 cm³/mol. The van der Waals surface area contributed by atoms with Crippen molar-refractivity contribution in [1.29, 1.82) is 0 Å². The fourth-order valence-corrected chi connectivity index (χ4v) is 8.83. The lowest BCUT2D eigenvalue weighted by Gasteiger charge is -2.22. The number of nitrogens with zero attached hydrogens (tertiary/aromatic N) is 6. The first-order chi connectivity index (χ1) is 20.7. The van der Waals surface area contributed by atoms with E-state index >= 15 is 0 Å². The number of thiophene rings is 1. The molecule has 1 saturated heterocycles. The van der Waals surface area contributed by atoms with Crippen LogP contribution in [-0.4, -0.2) is 49.1 Å².